The summed E-state index contributed by atoms with van der Waals surface area (Å²) in [4.78, 5) is 6.75. The molecule has 1 aromatic heterocycles. The van der Waals surface area contributed by atoms with Crippen LogP contribution in [0.5, 0.6) is 0 Å². The number of benzene rings is 1. The molecule has 7 heteroatoms. The van der Waals surface area contributed by atoms with Crippen molar-refractivity contribution in [3.63, 3.8) is 0 Å². The van der Waals surface area contributed by atoms with Crippen LogP contribution < -0.4 is 10.2 Å². The van der Waals surface area contributed by atoms with Crippen molar-refractivity contribution in [1.82, 2.24) is 10.3 Å². The van der Waals surface area contributed by atoms with Gasteiger partial charge in [0, 0.05) is 31.6 Å². The van der Waals surface area contributed by atoms with Gasteiger partial charge < -0.3 is 10.2 Å². The number of nitrogens with one attached hydrogen (secondary N) is 1. The number of anilines is 1. The quantitative estimate of drug-likeness (QED) is 0.813. The third-order valence-corrected chi connectivity index (χ3v) is 4.63. The number of halogens is 4. The summed E-state index contributed by atoms with van der Waals surface area (Å²) in [6.45, 7) is 5.53. The lowest BCUT2D eigenvalue weighted by atomic mass is 10.1. The van der Waals surface area contributed by atoms with Crippen LogP contribution in [0.2, 0.25) is 15.1 Å². The maximum atomic E-state index is 6.50. The van der Waals surface area contributed by atoms with Crippen LogP contribution in [0.3, 0.4) is 0 Å². The standard InChI is InChI=1S/C14H14Cl3N3.ClH/c1-8-12(17)14(20-6-4-18-5-7-20)11-9(15)2-3-10(16)13(11)19-8;/h2-3,18H,4-7H2,1H3;1H. The highest BCUT2D eigenvalue weighted by molar-refractivity contribution is 6.43. The van der Waals surface area contributed by atoms with E-state index in [1.165, 1.54) is 0 Å². The van der Waals surface area contributed by atoms with Crippen molar-refractivity contribution in [3.05, 3.63) is 32.9 Å². The van der Waals surface area contributed by atoms with Gasteiger partial charge in [-0.2, -0.15) is 0 Å². The fourth-order valence-electron chi connectivity index (χ4n) is 2.56. The van der Waals surface area contributed by atoms with E-state index in [4.69, 9.17) is 34.8 Å². The highest BCUT2D eigenvalue weighted by Crippen LogP contribution is 2.41. The van der Waals surface area contributed by atoms with Gasteiger partial charge >= 0.3 is 0 Å². The first kappa shape index (κ1) is 16.9. The van der Waals surface area contributed by atoms with Crippen LogP contribution in [-0.2, 0) is 0 Å². The van der Waals surface area contributed by atoms with Crippen LogP contribution in [0.15, 0.2) is 12.1 Å². The molecule has 0 unspecified atom stereocenters. The van der Waals surface area contributed by atoms with Gasteiger partial charge in [-0.15, -0.1) is 12.4 Å². The van der Waals surface area contributed by atoms with Gasteiger partial charge in [0.2, 0.25) is 0 Å². The van der Waals surface area contributed by atoms with E-state index in [9.17, 15) is 0 Å². The molecule has 2 heterocycles. The molecule has 0 spiro atoms. The number of hydrogen-bond donors (Lipinski definition) is 1. The van der Waals surface area contributed by atoms with Gasteiger partial charge in [-0.25, -0.2) is 4.98 Å². The second-order valence-corrected chi connectivity index (χ2v) is 6.04. The monoisotopic (exact) mass is 365 g/mol. The molecule has 1 aliphatic heterocycles. The molecule has 3 nitrogen and oxygen atoms in total. The Bertz CT molecular complexity index is 669. The molecule has 1 N–H and O–H groups in total. The summed E-state index contributed by atoms with van der Waals surface area (Å²) in [5, 5.41) is 6.06. The Morgan fingerprint density at radius 1 is 1.10 bits per heavy atom. The van der Waals surface area contributed by atoms with Crippen molar-refractivity contribution in [2.45, 2.75) is 6.92 Å². The van der Waals surface area contributed by atoms with Crippen molar-refractivity contribution in [1.29, 1.82) is 0 Å². The van der Waals surface area contributed by atoms with Gasteiger partial charge in [-0.05, 0) is 19.1 Å². The van der Waals surface area contributed by atoms with Crippen molar-refractivity contribution in [2.24, 2.45) is 0 Å². The number of piperazine rings is 1. The third kappa shape index (κ3) is 3.03. The number of pyridine rings is 1. The van der Waals surface area contributed by atoms with Crippen molar-refractivity contribution < 1.29 is 0 Å². The molecular weight excluding hydrogens is 352 g/mol. The van der Waals surface area contributed by atoms with Crippen molar-refractivity contribution in [2.75, 3.05) is 31.1 Å². The van der Waals surface area contributed by atoms with Crippen LogP contribution in [0, 0.1) is 6.92 Å². The van der Waals surface area contributed by atoms with Crippen LogP contribution in [-0.4, -0.2) is 31.2 Å². The molecule has 21 heavy (non-hydrogen) atoms. The van der Waals surface area contributed by atoms with Gasteiger partial charge in [0.15, 0.2) is 0 Å². The SMILES string of the molecule is Cc1nc2c(Cl)ccc(Cl)c2c(N2CCNCC2)c1Cl.Cl. The minimum Gasteiger partial charge on any atom is -0.367 e. The van der Waals surface area contributed by atoms with E-state index in [0.717, 1.165) is 48.5 Å². The molecule has 0 radical (unpaired) electrons. The zero-order valence-corrected chi connectivity index (χ0v) is 14.5. The molecule has 3 rings (SSSR count). The third-order valence-electron chi connectivity index (χ3n) is 3.55. The largest absolute Gasteiger partial charge is 0.367 e. The first-order valence-corrected chi connectivity index (χ1v) is 7.62. The molecule has 0 atom stereocenters. The van der Waals surface area contributed by atoms with Crippen molar-refractivity contribution >= 4 is 63.8 Å². The summed E-state index contributed by atoms with van der Waals surface area (Å²) in [7, 11) is 0. The Kier molecular flexibility index (Phi) is 5.44. The maximum absolute atomic E-state index is 6.50. The van der Waals surface area contributed by atoms with Gasteiger partial charge in [0.25, 0.3) is 0 Å². The first-order chi connectivity index (χ1) is 9.59. The molecule has 2 aromatic rings. The molecule has 0 bridgehead atoms. The number of fused-ring (bicyclic) bond motifs is 1. The Morgan fingerprint density at radius 2 is 1.71 bits per heavy atom. The van der Waals surface area contributed by atoms with Crippen molar-refractivity contribution in [3.8, 4) is 0 Å². The minimum atomic E-state index is 0. The highest BCUT2D eigenvalue weighted by atomic mass is 35.5. The number of aromatic nitrogens is 1. The minimum absolute atomic E-state index is 0. The topological polar surface area (TPSA) is 28.2 Å². The lowest BCUT2D eigenvalue weighted by Gasteiger charge is -2.31. The summed E-state index contributed by atoms with van der Waals surface area (Å²) in [5.41, 5.74) is 2.44. The fourth-order valence-corrected chi connectivity index (χ4v) is 3.26. The lowest BCUT2D eigenvalue weighted by molar-refractivity contribution is 0.590. The van der Waals surface area contributed by atoms with E-state index in [1.54, 1.807) is 12.1 Å². The summed E-state index contributed by atoms with van der Waals surface area (Å²) in [5.74, 6) is 0. The molecular formula is C14H15Cl4N3. The Labute approximate surface area is 145 Å². The average Bonchev–Trinajstić information content (AvgIpc) is 2.46. The van der Waals surface area contributed by atoms with Crippen LogP contribution in [0.25, 0.3) is 10.9 Å². The number of aryl methyl sites for hydroxylation is 1. The van der Waals surface area contributed by atoms with Gasteiger partial charge in [0.05, 0.1) is 32.0 Å². The number of nitrogens with zero attached hydrogens (tertiary/aromatic N) is 2. The Hall–Kier alpha value is -0.450. The molecule has 0 saturated carbocycles. The van der Waals surface area contributed by atoms with Crippen LogP contribution >= 0.6 is 47.2 Å². The number of rotatable bonds is 1. The summed E-state index contributed by atoms with van der Waals surface area (Å²) >= 11 is 19.2. The average molecular weight is 367 g/mol. The molecule has 0 aliphatic carbocycles. The summed E-state index contributed by atoms with van der Waals surface area (Å²) in [6, 6.07) is 3.57. The van der Waals surface area contributed by atoms with Gasteiger partial charge in [0.1, 0.15) is 0 Å². The van der Waals surface area contributed by atoms with E-state index < -0.39 is 0 Å². The normalized spacial score (nSPS) is 15.1. The molecule has 114 valence electrons. The van der Waals surface area contributed by atoms with Crippen LogP contribution in [0.4, 0.5) is 5.69 Å². The van der Waals surface area contributed by atoms with Gasteiger partial charge in [-0.3, -0.25) is 0 Å². The molecule has 0 amide bonds. The highest BCUT2D eigenvalue weighted by Gasteiger charge is 2.21. The second-order valence-electron chi connectivity index (χ2n) is 4.85. The Balaban J connectivity index is 0.00000161. The zero-order chi connectivity index (χ0) is 14.3. The smallest absolute Gasteiger partial charge is 0.0928 e. The van der Waals surface area contributed by atoms with E-state index in [-0.39, 0.29) is 12.4 Å². The van der Waals surface area contributed by atoms with E-state index in [1.807, 2.05) is 6.92 Å². The summed E-state index contributed by atoms with van der Waals surface area (Å²) in [6.07, 6.45) is 0. The molecule has 1 fully saturated rings. The predicted molar refractivity (Wildman–Crippen MR) is 93.8 cm³/mol. The van der Waals surface area contributed by atoms with E-state index in [0.29, 0.717) is 15.1 Å². The lowest BCUT2D eigenvalue weighted by Crippen LogP contribution is -2.43. The fraction of sp³-hybridized carbons (Fsp3) is 0.357. The van der Waals surface area contributed by atoms with Crippen LogP contribution in [0.1, 0.15) is 5.69 Å². The second kappa shape index (κ2) is 6.76. The molecule has 1 aliphatic rings. The molecule has 1 aromatic carbocycles. The van der Waals surface area contributed by atoms with E-state index >= 15 is 0 Å². The number of hydrogen-bond acceptors (Lipinski definition) is 3. The first-order valence-electron chi connectivity index (χ1n) is 6.49. The van der Waals surface area contributed by atoms with Gasteiger partial charge in [-0.1, -0.05) is 34.8 Å². The predicted octanol–water partition coefficient (Wildman–Crippen LogP) is 4.33. The van der Waals surface area contributed by atoms with E-state index in [2.05, 4.69) is 15.2 Å². The maximum Gasteiger partial charge on any atom is 0.0928 e. The zero-order valence-electron chi connectivity index (χ0n) is 11.4. The Morgan fingerprint density at radius 3 is 2.38 bits per heavy atom. The molecule has 1 saturated heterocycles. The summed E-state index contributed by atoms with van der Waals surface area (Å²) < 4.78 is 0.